The van der Waals surface area contributed by atoms with Crippen molar-refractivity contribution in [1.82, 2.24) is 5.32 Å². The largest absolute Gasteiger partial charge is 0.472 e. The van der Waals surface area contributed by atoms with Crippen molar-refractivity contribution >= 4 is 19.8 Å². The summed E-state index contributed by atoms with van der Waals surface area (Å²) in [5.41, 5.74) is 0. The van der Waals surface area contributed by atoms with Gasteiger partial charge in [-0.2, -0.15) is 0 Å². The molecule has 0 saturated heterocycles. The maximum absolute atomic E-state index is 12.6. The number of phosphoric ester groups is 1. The molecule has 0 heterocycles. The lowest BCUT2D eigenvalue weighted by Crippen LogP contribution is -2.29. The van der Waals surface area contributed by atoms with E-state index in [4.69, 9.17) is 18.5 Å². The van der Waals surface area contributed by atoms with Crippen LogP contribution >= 0.6 is 7.82 Å². The van der Waals surface area contributed by atoms with E-state index in [-0.39, 0.29) is 26.1 Å². The molecule has 0 bridgehead atoms. The summed E-state index contributed by atoms with van der Waals surface area (Å²) in [4.78, 5) is 34.9. The molecule has 0 aromatic carbocycles. The van der Waals surface area contributed by atoms with Crippen molar-refractivity contribution in [3.8, 4) is 0 Å². The van der Waals surface area contributed by atoms with E-state index in [1.165, 1.54) is 51.4 Å². The summed E-state index contributed by atoms with van der Waals surface area (Å²) in [5.74, 6) is -0.866. The number of likely N-dealkylation sites (N-methyl/N-ethyl adjacent to an activating group) is 1. The van der Waals surface area contributed by atoms with E-state index >= 15 is 0 Å². The molecule has 2 N–H and O–H groups in total. The summed E-state index contributed by atoms with van der Waals surface area (Å²) in [6, 6.07) is 0. The molecule has 0 radical (unpaired) electrons. The van der Waals surface area contributed by atoms with Gasteiger partial charge in [0, 0.05) is 19.4 Å². The van der Waals surface area contributed by atoms with Gasteiger partial charge < -0.3 is 19.7 Å². The lowest BCUT2D eigenvalue weighted by molar-refractivity contribution is -0.161. The summed E-state index contributed by atoms with van der Waals surface area (Å²) in [5, 5.41) is 2.81. The van der Waals surface area contributed by atoms with E-state index in [2.05, 4.69) is 79.9 Å². The van der Waals surface area contributed by atoms with Crippen LogP contribution in [-0.4, -0.2) is 56.3 Å². The zero-order valence-electron chi connectivity index (χ0n) is 33.0. The Hall–Kier alpha value is -2.29. The predicted molar refractivity (Wildman–Crippen MR) is 215 cm³/mol. The van der Waals surface area contributed by atoms with Gasteiger partial charge in [-0.1, -0.05) is 126 Å². The van der Waals surface area contributed by atoms with Crippen LogP contribution in [0.5, 0.6) is 0 Å². The van der Waals surface area contributed by atoms with Crippen LogP contribution in [0, 0.1) is 0 Å². The summed E-state index contributed by atoms with van der Waals surface area (Å²) < 4.78 is 33.1. The van der Waals surface area contributed by atoms with E-state index in [1.54, 1.807) is 7.05 Å². The quantitative estimate of drug-likeness (QED) is 0.0276. The molecule has 2 atom stereocenters. The van der Waals surface area contributed by atoms with E-state index in [0.29, 0.717) is 13.0 Å². The monoisotopic (exact) mass is 752 g/mol. The molecule has 0 aromatic heterocycles. The molecular weight excluding hydrogens is 677 g/mol. The molecule has 9 nitrogen and oxygen atoms in total. The molecule has 0 spiro atoms. The van der Waals surface area contributed by atoms with Gasteiger partial charge in [0.2, 0.25) is 0 Å². The predicted octanol–water partition coefficient (Wildman–Crippen LogP) is 11.2. The number of hydrogen-bond acceptors (Lipinski definition) is 8. The zero-order chi connectivity index (χ0) is 38.2. The molecular formula is C42H74NO8P. The van der Waals surface area contributed by atoms with Gasteiger partial charge in [0.15, 0.2) is 6.10 Å². The third-order valence-electron chi connectivity index (χ3n) is 8.12. The van der Waals surface area contributed by atoms with Gasteiger partial charge in [0.1, 0.15) is 6.61 Å². The van der Waals surface area contributed by atoms with Gasteiger partial charge in [-0.25, -0.2) is 4.57 Å². The highest BCUT2D eigenvalue weighted by Gasteiger charge is 2.26. The van der Waals surface area contributed by atoms with Gasteiger partial charge in [-0.15, -0.1) is 0 Å². The molecule has 0 aromatic rings. The number of ether oxygens (including phenoxy) is 2. The highest BCUT2D eigenvalue weighted by atomic mass is 31.2. The smallest absolute Gasteiger partial charge is 0.462 e. The minimum atomic E-state index is -4.36. The minimum absolute atomic E-state index is 0.0282. The molecule has 0 rings (SSSR count). The Kier molecular flexibility index (Phi) is 36.7. The minimum Gasteiger partial charge on any atom is -0.462 e. The van der Waals surface area contributed by atoms with Crippen molar-refractivity contribution in [3.05, 3.63) is 60.8 Å². The first kappa shape index (κ1) is 49.7. The second kappa shape index (κ2) is 38.4. The zero-order valence-corrected chi connectivity index (χ0v) is 33.9. The average molecular weight is 752 g/mol. The first-order valence-corrected chi connectivity index (χ1v) is 21.7. The van der Waals surface area contributed by atoms with Crippen molar-refractivity contribution < 1.29 is 37.6 Å². The fourth-order valence-corrected chi connectivity index (χ4v) is 5.82. The number of allylic oxidation sites excluding steroid dienone is 10. The van der Waals surface area contributed by atoms with Crippen LogP contribution < -0.4 is 5.32 Å². The van der Waals surface area contributed by atoms with Crippen molar-refractivity contribution in [2.45, 2.75) is 161 Å². The number of carbonyl (C=O) groups is 2. The van der Waals surface area contributed by atoms with E-state index < -0.39 is 32.5 Å². The topological polar surface area (TPSA) is 120 Å². The molecule has 0 saturated carbocycles. The fraction of sp³-hybridized carbons (Fsp3) is 0.714. The van der Waals surface area contributed by atoms with Crippen LogP contribution in [0.25, 0.3) is 0 Å². The Bertz CT molecular complexity index is 1040. The van der Waals surface area contributed by atoms with Gasteiger partial charge in [0.05, 0.1) is 13.2 Å². The molecule has 0 fully saturated rings. The molecule has 300 valence electrons. The van der Waals surface area contributed by atoms with Crippen LogP contribution in [0.15, 0.2) is 60.8 Å². The molecule has 2 unspecified atom stereocenters. The van der Waals surface area contributed by atoms with Crippen LogP contribution in [0.4, 0.5) is 0 Å². The Morgan fingerprint density at radius 2 is 1.10 bits per heavy atom. The van der Waals surface area contributed by atoms with Gasteiger partial charge in [-0.05, 0) is 84.1 Å². The maximum Gasteiger partial charge on any atom is 0.472 e. The van der Waals surface area contributed by atoms with Crippen molar-refractivity contribution in [2.24, 2.45) is 0 Å². The van der Waals surface area contributed by atoms with Crippen molar-refractivity contribution in [3.63, 3.8) is 0 Å². The van der Waals surface area contributed by atoms with Gasteiger partial charge >= 0.3 is 19.8 Å². The number of nitrogens with one attached hydrogen (secondary N) is 1. The number of hydrogen-bond donors (Lipinski definition) is 2. The number of esters is 2. The lowest BCUT2D eigenvalue weighted by Gasteiger charge is -2.20. The molecule has 0 aliphatic heterocycles. The van der Waals surface area contributed by atoms with E-state index in [1.807, 2.05) is 0 Å². The normalized spacial score (nSPS) is 14.0. The van der Waals surface area contributed by atoms with Crippen LogP contribution in [0.2, 0.25) is 0 Å². The lowest BCUT2D eigenvalue weighted by atomic mass is 10.1. The third kappa shape index (κ3) is 37.5. The average Bonchev–Trinajstić information content (AvgIpc) is 3.12. The first-order chi connectivity index (χ1) is 25.3. The van der Waals surface area contributed by atoms with E-state index in [9.17, 15) is 19.0 Å². The maximum atomic E-state index is 12.6. The van der Waals surface area contributed by atoms with Crippen molar-refractivity contribution in [2.75, 3.05) is 33.4 Å². The summed E-state index contributed by atoms with van der Waals surface area (Å²) in [6.07, 6.45) is 42.7. The van der Waals surface area contributed by atoms with Crippen LogP contribution in [0.3, 0.4) is 0 Å². The number of rotatable bonds is 37. The summed E-state index contributed by atoms with van der Waals surface area (Å²) >= 11 is 0. The number of carbonyl (C=O) groups excluding carboxylic acids is 2. The highest BCUT2D eigenvalue weighted by Crippen LogP contribution is 2.43. The molecule has 0 aliphatic carbocycles. The Labute approximate surface area is 317 Å². The first-order valence-electron chi connectivity index (χ1n) is 20.2. The number of unbranched alkanes of at least 4 members (excludes halogenated alkanes) is 13. The second-order valence-electron chi connectivity index (χ2n) is 13.1. The summed E-state index contributed by atoms with van der Waals surface area (Å²) in [7, 11) is -2.67. The Balaban J connectivity index is 4.35. The van der Waals surface area contributed by atoms with E-state index in [0.717, 1.165) is 70.6 Å². The third-order valence-corrected chi connectivity index (χ3v) is 9.11. The highest BCUT2D eigenvalue weighted by molar-refractivity contribution is 7.47. The fourth-order valence-electron chi connectivity index (χ4n) is 5.07. The SMILES string of the molecule is CC/C=C\C/C=C\C/C=C\C/C=C\CCCCC(=O)OC(COC(=O)CCCCCCCCC/C=C\CCCCCC)COP(=O)(O)OCCNC. The molecule has 0 amide bonds. The molecule has 0 aliphatic rings. The van der Waals surface area contributed by atoms with Crippen LogP contribution in [-0.2, 0) is 32.7 Å². The van der Waals surface area contributed by atoms with Crippen LogP contribution in [0.1, 0.15) is 155 Å². The Morgan fingerprint density at radius 1 is 0.615 bits per heavy atom. The number of phosphoric acid groups is 1. The van der Waals surface area contributed by atoms with Gasteiger partial charge in [0.25, 0.3) is 0 Å². The molecule has 52 heavy (non-hydrogen) atoms. The van der Waals surface area contributed by atoms with Gasteiger partial charge in [-0.3, -0.25) is 18.6 Å². The van der Waals surface area contributed by atoms with Crippen molar-refractivity contribution in [1.29, 1.82) is 0 Å². The molecule has 10 heteroatoms. The summed E-state index contributed by atoms with van der Waals surface area (Å²) in [6.45, 7) is 4.02. The standard InChI is InChI=1S/C42H74NO8P/c1-4-6-8-10-12-14-16-18-20-22-24-26-28-30-32-34-41(44)48-38-40(39-50-52(46,47)49-37-36-43-3)51-42(45)35-33-31-29-27-25-23-21-19-17-15-13-11-9-7-5-2/h7,9,13-16,19,21,25,27,40,43H,4-6,8,10-12,17-18,20,22-24,26,28-39H2,1-3H3,(H,46,47)/b9-7-,15-13-,16-14-,21-19-,27-25-. The second-order valence-corrected chi connectivity index (χ2v) is 14.5. The Morgan fingerprint density at radius 3 is 1.69 bits per heavy atom.